The first-order valence-electron chi connectivity index (χ1n) is 12.4. The van der Waals surface area contributed by atoms with Crippen LogP contribution < -0.4 is 5.32 Å². The van der Waals surface area contributed by atoms with Gasteiger partial charge in [-0.2, -0.15) is 0 Å². The minimum atomic E-state index is -0.605. The molecule has 0 spiro atoms. The zero-order valence-corrected chi connectivity index (χ0v) is 21.2. The van der Waals surface area contributed by atoms with Gasteiger partial charge in [-0.1, -0.05) is 30.3 Å². The number of likely N-dealkylation sites (tertiary alicyclic amines) is 2. The van der Waals surface area contributed by atoms with Gasteiger partial charge in [-0.3, -0.25) is 4.79 Å². The summed E-state index contributed by atoms with van der Waals surface area (Å²) in [4.78, 5) is 41.9. The van der Waals surface area contributed by atoms with E-state index >= 15 is 0 Å². The first kappa shape index (κ1) is 25.3. The second-order valence-electron chi connectivity index (χ2n) is 10.8. The number of fused-ring (bicyclic) bond motifs is 1. The van der Waals surface area contributed by atoms with Gasteiger partial charge >= 0.3 is 12.2 Å². The molecule has 9 heteroatoms. The minimum Gasteiger partial charge on any atom is -0.445 e. The Bertz CT molecular complexity index is 933. The van der Waals surface area contributed by atoms with Crippen LogP contribution in [0.1, 0.15) is 46.1 Å². The smallest absolute Gasteiger partial charge is 0.410 e. The topological polar surface area (TPSA) is 97.4 Å². The number of hydrogen-bond acceptors (Lipinski definition) is 6. The molecule has 0 bridgehead atoms. The molecule has 4 rings (SSSR count). The highest BCUT2D eigenvalue weighted by atomic mass is 16.6. The number of carbonyl (C=O) groups is 3. The molecule has 3 fully saturated rings. The molecule has 2 heterocycles. The molecular formula is C26H37N3O6. The van der Waals surface area contributed by atoms with E-state index in [2.05, 4.69) is 5.32 Å². The molecule has 1 aromatic carbocycles. The maximum atomic E-state index is 13.2. The number of amides is 3. The number of hydrogen-bond donors (Lipinski definition) is 1. The lowest BCUT2D eigenvalue weighted by molar-refractivity contribution is -0.134. The van der Waals surface area contributed by atoms with Crippen LogP contribution >= 0.6 is 0 Å². The van der Waals surface area contributed by atoms with Crippen molar-refractivity contribution in [3.8, 4) is 0 Å². The van der Waals surface area contributed by atoms with Crippen molar-refractivity contribution in [2.45, 2.75) is 77.0 Å². The largest absolute Gasteiger partial charge is 0.445 e. The lowest BCUT2D eigenvalue weighted by Gasteiger charge is -2.33. The average molecular weight is 488 g/mol. The molecule has 1 aliphatic carbocycles. The van der Waals surface area contributed by atoms with Crippen molar-refractivity contribution in [1.29, 1.82) is 0 Å². The van der Waals surface area contributed by atoms with E-state index in [4.69, 9.17) is 14.2 Å². The Hall–Kier alpha value is -2.81. The van der Waals surface area contributed by atoms with Gasteiger partial charge in [-0.15, -0.1) is 0 Å². The van der Waals surface area contributed by atoms with Gasteiger partial charge in [0.25, 0.3) is 0 Å². The summed E-state index contributed by atoms with van der Waals surface area (Å²) >= 11 is 0. The van der Waals surface area contributed by atoms with Crippen molar-refractivity contribution in [3.05, 3.63) is 35.9 Å². The van der Waals surface area contributed by atoms with E-state index in [1.54, 1.807) is 12.0 Å². The first-order valence-corrected chi connectivity index (χ1v) is 12.4. The Kier molecular flexibility index (Phi) is 7.26. The van der Waals surface area contributed by atoms with Crippen molar-refractivity contribution >= 4 is 18.1 Å². The molecule has 0 aromatic heterocycles. The van der Waals surface area contributed by atoms with Crippen molar-refractivity contribution in [3.63, 3.8) is 0 Å². The van der Waals surface area contributed by atoms with Crippen LogP contribution in [0, 0.1) is 11.8 Å². The van der Waals surface area contributed by atoms with Crippen LogP contribution in [0.2, 0.25) is 0 Å². The molecular weight excluding hydrogens is 450 g/mol. The highest BCUT2D eigenvalue weighted by Gasteiger charge is 2.56. The Morgan fingerprint density at radius 2 is 1.86 bits per heavy atom. The standard InChI is InChI=1S/C26H37N3O6/c1-16-18-13-21(22(33-5)19(18)14-29(16)25(32)35-26(2,3)4)28-12-11-20(23(28)30)27-24(31)34-15-17-9-7-6-8-10-17/h6-10,16,18-22H,11-15H2,1-5H3,(H,27,31). The molecule has 192 valence electrons. The normalized spacial score (nSPS) is 30.4. The van der Waals surface area contributed by atoms with Crippen LogP contribution in [-0.2, 0) is 25.6 Å². The number of methoxy groups -OCH3 is 1. The third-order valence-electron chi connectivity index (χ3n) is 7.43. The lowest BCUT2D eigenvalue weighted by Crippen LogP contribution is -2.49. The van der Waals surface area contributed by atoms with Crippen LogP contribution in [0.15, 0.2) is 30.3 Å². The molecule has 1 N–H and O–H groups in total. The third-order valence-corrected chi connectivity index (χ3v) is 7.43. The van der Waals surface area contributed by atoms with Crippen LogP contribution in [0.25, 0.3) is 0 Å². The molecule has 35 heavy (non-hydrogen) atoms. The third kappa shape index (κ3) is 5.39. The van der Waals surface area contributed by atoms with Crippen LogP contribution in [0.4, 0.5) is 9.59 Å². The van der Waals surface area contributed by atoms with Gasteiger partial charge in [-0.05, 0) is 52.0 Å². The van der Waals surface area contributed by atoms with Crippen LogP contribution in [-0.4, -0.2) is 77.9 Å². The molecule has 1 aromatic rings. The second-order valence-corrected chi connectivity index (χ2v) is 10.8. The number of benzene rings is 1. The fraction of sp³-hybridized carbons (Fsp3) is 0.654. The average Bonchev–Trinajstić information content (AvgIpc) is 3.44. The van der Waals surface area contributed by atoms with E-state index in [0.29, 0.717) is 19.5 Å². The van der Waals surface area contributed by atoms with Gasteiger partial charge in [0.15, 0.2) is 0 Å². The van der Waals surface area contributed by atoms with E-state index in [-0.39, 0.29) is 48.6 Å². The molecule has 2 aliphatic heterocycles. The Morgan fingerprint density at radius 3 is 2.51 bits per heavy atom. The summed E-state index contributed by atoms with van der Waals surface area (Å²) in [5.41, 5.74) is 0.334. The molecule has 6 unspecified atom stereocenters. The highest BCUT2D eigenvalue weighted by molar-refractivity contribution is 5.87. The van der Waals surface area contributed by atoms with Crippen molar-refractivity contribution in [2.75, 3.05) is 20.2 Å². The number of alkyl carbamates (subject to hydrolysis) is 1. The van der Waals surface area contributed by atoms with Crippen LogP contribution in [0.5, 0.6) is 0 Å². The molecule has 3 aliphatic rings. The highest BCUT2D eigenvalue weighted by Crippen LogP contribution is 2.46. The van der Waals surface area contributed by atoms with E-state index in [9.17, 15) is 14.4 Å². The second kappa shape index (κ2) is 10.0. The Labute approximate surface area is 207 Å². The van der Waals surface area contributed by atoms with Crippen molar-refractivity contribution in [1.82, 2.24) is 15.1 Å². The lowest BCUT2D eigenvalue weighted by atomic mass is 9.94. The van der Waals surface area contributed by atoms with Gasteiger partial charge in [0.2, 0.25) is 5.91 Å². The van der Waals surface area contributed by atoms with E-state index in [1.165, 1.54) is 0 Å². The van der Waals surface area contributed by atoms with Gasteiger partial charge in [0.05, 0.1) is 12.1 Å². The molecule has 2 saturated heterocycles. The monoisotopic (exact) mass is 487 g/mol. The molecule has 0 radical (unpaired) electrons. The van der Waals surface area contributed by atoms with Gasteiger partial charge in [0.1, 0.15) is 18.2 Å². The fourth-order valence-corrected chi connectivity index (χ4v) is 5.81. The number of carbonyl (C=O) groups excluding carboxylic acids is 3. The quantitative estimate of drug-likeness (QED) is 0.685. The number of rotatable bonds is 5. The predicted octanol–water partition coefficient (Wildman–Crippen LogP) is 3.17. The summed E-state index contributed by atoms with van der Waals surface area (Å²) in [6.45, 7) is 8.88. The van der Waals surface area contributed by atoms with Crippen molar-refractivity contribution in [2.24, 2.45) is 11.8 Å². The number of nitrogens with zero attached hydrogens (tertiary/aromatic N) is 2. The predicted molar refractivity (Wildman–Crippen MR) is 128 cm³/mol. The van der Waals surface area contributed by atoms with Crippen molar-refractivity contribution < 1.29 is 28.6 Å². The van der Waals surface area contributed by atoms with E-state index < -0.39 is 17.7 Å². The summed E-state index contributed by atoms with van der Waals surface area (Å²) in [6.07, 6.45) is 0.202. The van der Waals surface area contributed by atoms with Gasteiger partial charge in [-0.25, -0.2) is 9.59 Å². The summed E-state index contributed by atoms with van der Waals surface area (Å²) in [5.74, 6) is 0.238. The number of ether oxygens (including phenoxy) is 3. The maximum absolute atomic E-state index is 13.2. The van der Waals surface area contributed by atoms with E-state index in [1.807, 2.05) is 62.9 Å². The summed E-state index contributed by atoms with van der Waals surface area (Å²) in [7, 11) is 1.66. The van der Waals surface area contributed by atoms with Crippen LogP contribution in [0.3, 0.4) is 0 Å². The molecule has 1 saturated carbocycles. The zero-order chi connectivity index (χ0) is 25.3. The summed E-state index contributed by atoms with van der Waals surface area (Å²) in [5, 5.41) is 2.73. The summed E-state index contributed by atoms with van der Waals surface area (Å²) in [6, 6.07) is 8.72. The van der Waals surface area contributed by atoms with Gasteiger partial charge < -0.3 is 29.3 Å². The minimum absolute atomic E-state index is 0.00269. The fourth-order valence-electron chi connectivity index (χ4n) is 5.81. The maximum Gasteiger partial charge on any atom is 0.410 e. The molecule has 9 nitrogen and oxygen atoms in total. The summed E-state index contributed by atoms with van der Waals surface area (Å²) < 4.78 is 16.8. The molecule has 6 atom stereocenters. The van der Waals surface area contributed by atoms with E-state index in [0.717, 1.165) is 12.0 Å². The Balaban J connectivity index is 1.34. The van der Waals surface area contributed by atoms with Gasteiger partial charge in [0, 0.05) is 32.2 Å². The first-order chi connectivity index (χ1) is 16.6. The zero-order valence-electron chi connectivity index (χ0n) is 21.2. The Morgan fingerprint density at radius 1 is 1.14 bits per heavy atom. The SMILES string of the molecule is COC1C2CN(C(=O)OC(C)(C)C)C(C)C2CC1N1CCC(NC(=O)OCc2ccccc2)C1=O. The molecule has 3 amide bonds. The number of nitrogens with one attached hydrogen (secondary N) is 1.